The molecule has 4 rings (SSSR count). The zero-order chi connectivity index (χ0) is 32.0. The average molecular weight is 641 g/mol. The predicted molar refractivity (Wildman–Crippen MR) is 172 cm³/mol. The standard InChI is InChI=1S/C33H35Cl2N3O6/c1-5-37(6-2)19-23-15-22(16-28(35)31(23)36)33(41)44-14-13-43-30(39)18-26-20(3)38(29-12-11-25(42-4)17-27(26)29)32(40)21-7-9-24(34)10-8-21/h7-12,15-17H,5-6,13-14,18-19,36H2,1-4H3. The average Bonchev–Trinajstić information content (AvgIpc) is 3.29. The van der Waals surface area contributed by atoms with E-state index in [1.54, 1.807) is 67.1 Å². The Bertz CT molecular complexity index is 1680. The van der Waals surface area contributed by atoms with Gasteiger partial charge in [-0.05, 0) is 85.7 Å². The minimum Gasteiger partial charge on any atom is -0.497 e. The number of nitrogens with zero attached hydrogens (tertiary/aromatic N) is 2. The number of benzene rings is 3. The number of carbonyl (C=O) groups is 3. The van der Waals surface area contributed by atoms with Crippen LogP contribution >= 0.6 is 23.2 Å². The van der Waals surface area contributed by atoms with Crippen molar-refractivity contribution in [1.29, 1.82) is 0 Å². The Kier molecular flexibility index (Phi) is 10.9. The van der Waals surface area contributed by atoms with Crippen LogP contribution in [0.15, 0.2) is 54.6 Å². The Morgan fingerprint density at radius 3 is 2.25 bits per heavy atom. The number of rotatable bonds is 12. The van der Waals surface area contributed by atoms with Crippen molar-refractivity contribution in [1.82, 2.24) is 9.47 Å². The summed E-state index contributed by atoms with van der Waals surface area (Å²) in [7, 11) is 1.54. The first-order valence-corrected chi connectivity index (χ1v) is 14.9. The predicted octanol–water partition coefficient (Wildman–Crippen LogP) is 6.32. The van der Waals surface area contributed by atoms with Crippen LogP contribution in [0, 0.1) is 6.92 Å². The molecule has 0 amide bonds. The minimum atomic E-state index is -0.601. The van der Waals surface area contributed by atoms with E-state index in [0.717, 1.165) is 18.7 Å². The van der Waals surface area contributed by atoms with Crippen molar-refractivity contribution in [3.63, 3.8) is 0 Å². The van der Waals surface area contributed by atoms with Gasteiger partial charge in [0.1, 0.15) is 19.0 Å². The third-order valence-electron chi connectivity index (χ3n) is 7.48. The number of nitrogens with two attached hydrogens (primary N) is 1. The molecule has 1 heterocycles. The highest BCUT2D eigenvalue weighted by Gasteiger charge is 2.23. The third-order valence-corrected chi connectivity index (χ3v) is 8.04. The molecule has 0 saturated heterocycles. The molecule has 2 N–H and O–H groups in total. The van der Waals surface area contributed by atoms with E-state index >= 15 is 0 Å². The van der Waals surface area contributed by atoms with Gasteiger partial charge in [-0.3, -0.25) is 19.1 Å². The topological polar surface area (TPSA) is 113 Å². The van der Waals surface area contributed by atoms with Crippen molar-refractivity contribution in [2.75, 3.05) is 39.1 Å². The summed E-state index contributed by atoms with van der Waals surface area (Å²) in [5.41, 5.74) is 9.86. The fraction of sp³-hybridized carbons (Fsp3) is 0.303. The third kappa shape index (κ3) is 7.35. The van der Waals surface area contributed by atoms with Crippen LogP contribution in [-0.4, -0.2) is 60.7 Å². The Hall–Kier alpha value is -4.05. The number of ether oxygens (including phenoxy) is 3. The second-order valence-corrected chi connectivity index (χ2v) is 11.0. The van der Waals surface area contributed by atoms with E-state index in [0.29, 0.717) is 50.7 Å². The highest BCUT2D eigenvalue weighted by Crippen LogP contribution is 2.31. The fourth-order valence-corrected chi connectivity index (χ4v) is 5.34. The van der Waals surface area contributed by atoms with Gasteiger partial charge in [0, 0.05) is 28.2 Å². The highest BCUT2D eigenvalue weighted by atomic mass is 35.5. The largest absolute Gasteiger partial charge is 0.497 e. The zero-order valence-corrected chi connectivity index (χ0v) is 26.6. The molecule has 0 radical (unpaired) electrons. The zero-order valence-electron chi connectivity index (χ0n) is 25.1. The monoisotopic (exact) mass is 639 g/mol. The summed E-state index contributed by atoms with van der Waals surface area (Å²) < 4.78 is 17.7. The number of halogens is 2. The SMILES string of the molecule is CCN(CC)Cc1cc(C(=O)OCCOC(=O)Cc2c(C)n(C(=O)c3ccc(Cl)cc3)c3ccc(OC)cc23)cc(Cl)c1N. The van der Waals surface area contributed by atoms with Gasteiger partial charge in [-0.25, -0.2) is 4.79 Å². The van der Waals surface area contributed by atoms with Crippen molar-refractivity contribution in [2.45, 2.75) is 33.7 Å². The van der Waals surface area contributed by atoms with Crippen LogP contribution in [0.2, 0.25) is 10.0 Å². The summed E-state index contributed by atoms with van der Waals surface area (Å²) in [5, 5.41) is 1.48. The van der Waals surface area contributed by atoms with Crippen molar-refractivity contribution < 1.29 is 28.6 Å². The molecule has 0 aliphatic carbocycles. The van der Waals surface area contributed by atoms with Crippen LogP contribution in [0.1, 0.15) is 51.4 Å². The van der Waals surface area contributed by atoms with Gasteiger partial charge >= 0.3 is 11.9 Å². The molecule has 0 spiro atoms. The van der Waals surface area contributed by atoms with Gasteiger partial charge in [0.15, 0.2) is 0 Å². The lowest BCUT2D eigenvalue weighted by Crippen LogP contribution is -2.23. The van der Waals surface area contributed by atoms with Gasteiger partial charge in [0.05, 0.1) is 35.3 Å². The van der Waals surface area contributed by atoms with E-state index in [9.17, 15) is 14.4 Å². The quantitative estimate of drug-likeness (QED) is 0.109. The molecule has 0 aliphatic heterocycles. The summed E-state index contributed by atoms with van der Waals surface area (Å²) in [6.07, 6.45) is -0.105. The Labute approximate surface area is 266 Å². The Morgan fingerprint density at radius 1 is 0.909 bits per heavy atom. The Balaban J connectivity index is 1.44. The van der Waals surface area contributed by atoms with E-state index in [1.807, 2.05) is 13.8 Å². The van der Waals surface area contributed by atoms with E-state index < -0.39 is 11.9 Å². The maximum Gasteiger partial charge on any atom is 0.338 e. The van der Waals surface area contributed by atoms with Crippen LogP contribution in [0.4, 0.5) is 5.69 Å². The van der Waals surface area contributed by atoms with E-state index in [1.165, 1.54) is 6.07 Å². The molecule has 1 aromatic heterocycles. The molecule has 0 unspecified atom stereocenters. The van der Waals surface area contributed by atoms with Gasteiger partial charge in [0.2, 0.25) is 0 Å². The van der Waals surface area contributed by atoms with E-state index in [4.69, 9.17) is 43.1 Å². The number of esters is 2. The highest BCUT2D eigenvalue weighted by molar-refractivity contribution is 6.33. The molecule has 0 aliphatic rings. The van der Waals surface area contributed by atoms with Crippen molar-refractivity contribution in [3.8, 4) is 5.75 Å². The summed E-state index contributed by atoms with van der Waals surface area (Å²) in [4.78, 5) is 41.3. The molecule has 4 aromatic rings. The number of aromatic nitrogens is 1. The van der Waals surface area contributed by atoms with Gasteiger partial charge < -0.3 is 19.9 Å². The second-order valence-electron chi connectivity index (χ2n) is 10.1. The molecule has 0 fully saturated rings. The summed E-state index contributed by atoms with van der Waals surface area (Å²) in [6, 6.07) is 15.1. The molecular formula is C33H35Cl2N3O6. The van der Waals surface area contributed by atoms with Crippen molar-refractivity contribution >= 4 is 57.6 Å². The lowest BCUT2D eigenvalue weighted by atomic mass is 10.1. The fourth-order valence-electron chi connectivity index (χ4n) is 4.98. The van der Waals surface area contributed by atoms with Gasteiger partial charge in [-0.2, -0.15) is 0 Å². The number of hydrogen-bond donors (Lipinski definition) is 1. The number of methoxy groups -OCH3 is 1. The molecule has 44 heavy (non-hydrogen) atoms. The van der Waals surface area contributed by atoms with Crippen LogP contribution in [-0.2, 0) is 27.2 Å². The van der Waals surface area contributed by atoms with Gasteiger partial charge in [-0.1, -0.05) is 37.0 Å². The van der Waals surface area contributed by atoms with Gasteiger partial charge in [-0.15, -0.1) is 0 Å². The number of anilines is 1. The second kappa shape index (κ2) is 14.6. The molecule has 232 valence electrons. The van der Waals surface area contributed by atoms with Crippen LogP contribution < -0.4 is 10.5 Å². The summed E-state index contributed by atoms with van der Waals surface area (Å²) >= 11 is 12.3. The molecule has 11 heteroatoms. The van der Waals surface area contributed by atoms with Gasteiger partial charge in [0.25, 0.3) is 5.91 Å². The first kappa shape index (κ1) is 32.9. The smallest absolute Gasteiger partial charge is 0.338 e. The molecule has 3 aromatic carbocycles. The van der Waals surface area contributed by atoms with E-state index in [-0.39, 0.29) is 36.1 Å². The maximum absolute atomic E-state index is 13.5. The lowest BCUT2D eigenvalue weighted by molar-refractivity contribution is -0.143. The molecule has 0 atom stereocenters. The minimum absolute atomic E-state index is 0.105. The lowest BCUT2D eigenvalue weighted by Gasteiger charge is -2.20. The normalized spacial score (nSPS) is 11.2. The molecular weight excluding hydrogens is 605 g/mol. The number of nitrogen functional groups attached to an aromatic ring is 1. The summed E-state index contributed by atoms with van der Waals surface area (Å²) in [5.74, 6) is -0.820. The molecule has 0 bridgehead atoms. The first-order valence-electron chi connectivity index (χ1n) is 14.2. The first-order chi connectivity index (χ1) is 21.1. The van der Waals surface area contributed by atoms with Crippen LogP contribution in [0.3, 0.4) is 0 Å². The van der Waals surface area contributed by atoms with E-state index in [2.05, 4.69) is 4.90 Å². The number of fused-ring (bicyclic) bond motifs is 1. The summed E-state index contributed by atoms with van der Waals surface area (Å²) in [6.45, 7) is 7.74. The number of hydrogen-bond acceptors (Lipinski definition) is 8. The molecule has 0 saturated carbocycles. The Morgan fingerprint density at radius 2 is 1.59 bits per heavy atom. The number of carbonyl (C=O) groups excluding carboxylic acids is 3. The van der Waals surface area contributed by atoms with Crippen LogP contribution in [0.5, 0.6) is 5.75 Å². The maximum atomic E-state index is 13.5. The van der Waals surface area contributed by atoms with Crippen molar-refractivity contribution in [2.24, 2.45) is 0 Å². The molecule has 9 nitrogen and oxygen atoms in total. The van der Waals surface area contributed by atoms with Crippen molar-refractivity contribution in [3.05, 3.63) is 92.6 Å². The van der Waals surface area contributed by atoms with Crippen LogP contribution in [0.25, 0.3) is 10.9 Å².